The van der Waals surface area contributed by atoms with Crippen molar-refractivity contribution in [3.8, 4) is 0 Å². The summed E-state index contributed by atoms with van der Waals surface area (Å²) in [4.78, 5) is 86.6. The molecule has 2 rings (SSSR count). The van der Waals surface area contributed by atoms with Crippen LogP contribution in [0, 0.1) is 5.41 Å². The van der Waals surface area contributed by atoms with Gasteiger partial charge in [0.25, 0.3) is 11.8 Å². The highest BCUT2D eigenvalue weighted by Gasteiger charge is 2.32. The number of nitrogens with zero attached hydrogens (tertiary/aromatic N) is 1. The van der Waals surface area contributed by atoms with Crippen LogP contribution >= 0.6 is 0 Å². The number of hydrogen-bond acceptors (Lipinski definition) is 10. The summed E-state index contributed by atoms with van der Waals surface area (Å²) in [5, 5.41) is 11.0. The first-order valence-corrected chi connectivity index (χ1v) is 19.7. The zero-order valence-electron chi connectivity index (χ0n) is 34.7. The minimum Gasteiger partial charge on any atom is -0.490 e. The van der Waals surface area contributed by atoms with Gasteiger partial charge in [-0.3, -0.25) is 28.9 Å². The fraction of sp³-hybridized carbons (Fsp3) is 0.512. The molecule has 0 aromatic rings. The van der Waals surface area contributed by atoms with E-state index in [2.05, 4.69) is 21.3 Å². The molecule has 2 aliphatic heterocycles. The summed E-state index contributed by atoms with van der Waals surface area (Å²) >= 11 is 0. The first kappa shape index (κ1) is 48.4. The van der Waals surface area contributed by atoms with Crippen LogP contribution in [0.2, 0.25) is 0 Å². The molecular weight excluding hydrogens is 746 g/mol. The molecule has 3 unspecified atom stereocenters. The van der Waals surface area contributed by atoms with Crippen molar-refractivity contribution in [2.45, 2.75) is 111 Å². The number of alkyl carbamates (subject to hydrolysis) is 1. The molecule has 4 N–H and O–H groups in total. The standard InChI is InChI=1S/C43H61N5O10/c1-7-8-17-32(58-42(55)46-29-15-28-44-35(49)19-10-9-13-30-48-37(51)25-26-38(48)52)18-14-27-45-40(53)39(43(3,4)5)47-36(50)20-12-11-16-31(2)21-22-33-23-24-34(56-6)41(54)57-33/h7-8,11-12,14,16,20-21,24-27,32-33,39H,9-10,13,15,17-19,22-23,28-30H2,1-6H3,(H,44,49)(H,45,53)(H,46,55)(H,47,50)/b8-7-,16-11-,20-12-,27-14-,31-21+. The zero-order valence-corrected chi connectivity index (χ0v) is 34.7. The van der Waals surface area contributed by atoms with Gasteiger partial charge in [0, 0.05) is 70.0 Å². The maximum Gasteiger partial charge on any atom is 0.407 e. The van der Waals surface area contributed by atoms with Gasteiger partial charge in [-0.05, 0) is 50.8 Å². The summed E-state index contributed by atoms with van der Waals surface area (Å²) < 4.78 is 15.9. The topological polar surface area (TPSA) is 199 Å². The molecule has 2 aliphatic rings. The Hall–Kier alpha value is -5.73. The number of ether oxygens (including phenoxy) is 3. The van der Waals surface area contributed by atoms with E-state index >= 15 is 0 Å². The lowest BCUT2D eigenvalue weighted by atomic mass is 9.86. The van der Waals surface area contributed by atoms with Crippen LogP contribution < -0.4 is 21.3 Å². The van der Waals surface area contributed by atoms with Crippen LogP contribution in [0.3, 0.4) is 0 Å². The van der Waals surface area contributed by atoms with Crippen molar-refractivity contribution in [3.05, 3.63) is 84.4 Å². The summed E-state index contributed by atoms with van der Waals surface area (Å²) in [5.74, 6) is -1.82. The lowest BCUT2D eigenvalue weighted by Crippen LogP contribution is -2.52. The van der Waals surface area contributed by atoms with Gasteiger partial charge in [-0.2, -0.15) is 0 Å². The second-order valence-electron chi connectivity index (χ2n) is 14.8. The highest BCUT2D eigenvalue weighted by Crippen LogP contribution is 2.20. The Bertz CT molecular complexity index is 1630. The SMILES string of the molecule is C/C=C\CC(C/C=C\NC(=O)C(NC(=O)\C=C/C=C\C(C)=C\CC1CC=C(OC)C(=O)O1)C(C)(C)C)OC(=O)NCCCNC(=O)CCCCCN1C(=O)C=CC1=O. The first-order valence-electron chi connectivity index (χ1n) is 19.7. The molecule has 3 atom stereocenters. The first-order chi connectivity index (χ1) is 27.6. The average molecular weight is 808 g/mol. The molecule has 0 saturated carbocycles. The number of allylic oxidation sites excluding steroid dienone is 5. The number of esters is 1. The number of methoxy groups -OCH3 is 1. The molecule has 15 nitrogen and oxygen atoms in total. The van der Waals surface area contributed by atoms with Crippen molar-refractivity contribution >= 4 is 41.6 Å². The van der Waals surface area contributed by atoms with Gasteiger partial charge in [-0.1, -0.05) is 75.3 Å². The molecule has 0 aliphatic carbocycles. The molecule has 58 heavy (non-hydrogen) atoms. The van der Waals surface area contributed by atoms with E-state index in [1.807, 2.05) is 58.9 Å². The number of carbonyl (C=O) groups is 7. The number of amides is 6. The summed E-state index contributed by atoms with van der Waals surface area (Å²) in [6, 6.07) is -0.847. The summed E-state index contributed by atoms with van der Waals surface area (Å²) in [6.45, 7) is 10.3. The Labute approximate surface area is 342 Å². The van der Waals surface area contributed by atoms with Crippen LogP contribution in [-0.2, 0) is 43.0 Å². The average Bonchev–Trinajstić information content (AvgIpc) is 3.50. The number of nitrogens with one attached hydrogen (secondary N) is 4. The molecule has 15 heteroatoms. The van der Waals surface area contributed by atoms with E-state index in [9.17, 15) is 33.6 Å². The zero-order chi connectivity index (χ0) is 42.9. The van der Waals surface area contributed by atoms with Crippen molar-refractivity contribution in [3.63, 3.8) is 0 Å². The fourth-order valence-electron chi connectivity index (χ4n) is 5.59. The number of hydrogen-bond donors (Lipinski definition) is 4. The molecule has 0 bridgehead atoms. The Morgan fingerprint density at radius 2 is 1.64 bits per heavy atom. The summed E-state index contributed by atoms with van der Waals surface area (Å²) in [7, 11) is 1.43. The summed E-state index contributed by atoms with van der Waals surface area (Å²) in [5.41, 5.74) is 0.321. The second kappa shape index (κ2) is 26.2. The third-order valence-corrected chi connectivity index (χ3v) is 8.88. The van der Waals surface area contributed by atoms with Crippen LogP contribution in [-0.4, -0.2) is 91.5 Å². The van der Waals surface area contributed by atoms with E-state index in [1.165, 1.54) is 36.4 Å². The van der Waals surface area contributed by atoms with Crippen molar-refractivity contribution in [1.29, 1.82) is 0 Å². The van der Waals surface area contributed by atoms with Gasteiger partial charge in [0.05, 0.1) is 7.11 Å². The van der Waals surface area contributed by atoms with E-state index in [4.69, 9.17) is 14.2 Å². The van der Waals surface area contributed by atoms with Crippen molar-refractivity contribution in [2.75, 3.05) is 26.7 Å². The molecule has 0 aromatic carbocycles. The Kier molecular flexibility index (Phi) is 21.9. The lowest BCUT2D eigenvalue weighted by molar-refractivity contribution is -0.149. The fourth-order valence-corrected chi connectivity index (χ4v) is 5.59. The van der Waals surface area contributed by atoms with Crippen LogP contribution in [0.1, 0.15) is 92.4 Å². The molecule has 6 amide bonds. The lowest BCUT2D eigenvalue weighted by Gasteiger charge is -2.29. The molecule has 0 saturated heterocycles. The highest BCUT2D eigenvalue weighted by atomic mass is 16.6. The minimum atomic E-state index is -0.847. The maximum atomic E-state index is 13.1. The van der Waals surface area contributed by atoms with Crippen LogP contribution in [0.25, 0.3) is 0 Å². The van der Waals surface area contributed by atoms with Crippen molar-refractivity contribution < 1.29 is 47.8 Å². The van der Waals surface area contributed by atoms with Crippen LogP contribution in [0.15, 0.2) is 84.4 Å². The number of cyclic esters (lactones) is 1. The quantitative estimate of drug-likeness (QED) is 0.0260. The van der Waals surface area contributed by atoms with Gasteiger partial charge in [0.2, 0.25) is 17.7 Å². The smallest absolute Gasteiger partial charge is 0.407 e. The largest absolute Gasteiger partial charge is 0.490 e. The molecule has 318 valence electrons. The van der Waals surface area contributed by atoms with Gasteiger partial charge in [-0.15, -0.1) is 0 Å². The minimum absolute atomic E-state index is 0.109. The Morgan fingerprint density at radius 3 is 2.31 bits per heavy atom. The van der Waals surface area contributed by atoms with Gasteiger partial charge in [0.1, 0.15) is 18.2 Å². The molecule has 2 heterocycles. The normalized spacial score (nSPS) is 17.2. The number of imide groups is 1. The summed E-state index contributed by atoms with van der Waals surface area (Å²) in [6.07, 6.45) is 22.8. The third kappa shape index (κ3) is 19.4. The van der Waals surface area contributed by atoms with Crippen LogP contribution in [0.5, 0.6) is 0 Å². The van der Waals surface area contributed by atoms with Crippen molar-refractivity contribution in [1.82, 2.24) is 26.2 Å². The molecule has 0 radical (unpaired) electrons. The maximum absolute atomic E-state index is 13.1. The van der Waals surface area contributed by atoms with Crippen molar-refractivity contribution in [2.24, 2.45) is 5.41 Å². The predicted molar refractivity (Wildman–Crippen MR) is 219 cm³/mol. The van der Waals surface area contributed by atoms with Gasteiger partial charge in [-0.25, -0.2) is 9.59 Å². The number of rotatable bonds is 24. The molecule has 0 aromatic heterocycles. The number of unbranched alkanes of at least 4 members (excludes halogenated alkanes) is 2. The van der Waals surface area contributed by atoms with E-state index in [0.717, 1.165) is 5.57 Å². The van der Waals surface area contributed by atoms with E-state index in [1.54, 1.807) is 24.3 Å². The van der Waals surface area contributed by atoms with E-state index in [-0.39, 0.29) is 29.6 Å². The van der Waals surface area contributed by atoms with Crippen LogP contribution in [0.4, 0.5) is 4.79 Å². The third-order valence-electron chi connectivity index (χ3n) is 8.88. The molecule has 0 spiro atoms. The van der Waals surface area contributed by atoms with E-state index < -0.39 is 41.4 Å². The van der Waals surface area contributed by atoms with Gasteiger partial charge in [0.15, 0.2) is 5.76 Å². The Morgan fingerprint density at radius 1 is 0.948 bits per heavy atom. The predicted octanol–water partition coefficient (Wildman–Crippen LogP) is 4.88. The Balaban J connectivity index is 1.71. The molecular formula is C43H61N5O10. The van der Waals surface area contributed by atoms with Gasteiger partial charge < -0.3 is 35.5 Å². The number of carbonyl (C=O) groups excluding carboxylic acids is 7. The van der Waals surface area contributed by atoms with E-state index in [0.29, 0.717) is 77.4 Å². The second-order valence-corrected chi connectivity index (χ2v) is 14.8. The highest BCUT2D eigenvalue weighted by molar-refractivity contribution is 6.12. The molecule has 0 fully saturated rings. The van der Waals surface area contributed by atoms with Gasteiger partial charge >= 0.3 is 12.1 Å². The monoisotopic (exact) mass is 807 g/mol.